The van der Waals surface area contributed by atoms with E-state index in [2.05, 4.69) is 15.9 Å². The van der Waals surface area contributed by atoms with Crippen LogP contribution in [0.4, 0.5) is 0 Å². The summed E-state index contributed by atoms with van der Waals surface area (Å²) in [7, 11) is 1.26. The molecule has 4 rings (SSSR count). The van der Waals surface area contributed by atoms with Gasteiger partial charge in [0, 0.05) is 18.4 Å². The fraction of sp³-hybridized carbons (Fsp3) is 0.308. The lowest BCUT2D eigenvalue weighted by atomic mass is 9.77. The molecule has 0 aromatic heterocycles. The molecule has 10 heteroatoms. The number of nitrogens with two attached hydrogens (primary N) is 1. The van der Waals surface area contributed by atoms with Gasteiger partial charge in [0.15, 0.2) is 17.3 Å². The van der Waals surface area contributed by atoms with E-state index in [1.165, 1.54) is 7.11 Å². The van der Waals surface area contributed by atoms with Gasteiger partial charge < -0.3 is 24.7 Å². The molecule has 0 fully saturated rings. The number of carbonyl (C=O) groups is 2. The van der Waals surface area contributed by atoms with E-state index in [-0.39, 0.29) is 23.8 Å². The van der Waals surface area contributed by atoms with Crippen molar-refractivity contribution in [3.05, 3.63) is 78.8 Å². The number of ether oxygens (including phenoxy) is 4. The Bertz CT molecular complexity index is 1290. The number of Topliss-reactive ketones (excluding diaryl/α,β-unsaturated/α-hetero) is 1. The molecule has 190 valence electrons. The highest BCUT2D eigenvalue weighted by atomic mass is 79.9. The monoisotopic (exact) mass is 595 g/mol. The van der Waals surface area contributed by atoms with Crippen molar-refractivity contribution in [3.63, 3.8) is 0 Å². The van der Waals surface area contributed by atoms with Crippen LogP contribution < -0.4 is 15.2 Å². The van der Waals surface area contributed by atoms with E-state index in [1.807, 2.05) is 13.0 Å². The van der Waals surface area contributed by atoms with E-state index in [0.717, 1.165) is 5.56 Å². The van der Waals surface area contributed by atoms with Gasteiger partial charge in [0.05, 0.1) is 34.2 Å². The number of hydrogen-bond acceptors (Lipinski definition) is 7. The second kappa shape index (κ2) is 11.2. The third-order valence-corrected chi connectivity index (χ3v) is 7.25. The molecular formula is C26H24BrCl2NO6. The molecule has 7 nitrogen and oxygen atoms in total. The minimum Gasteiger partial charge on any atom is -0.490 e. The molecule has 2 aliphatic rings. The summed E-state index contributed by atoms with van der Waals surface area (Å²) >= 11 is 15.7. The van der Waals surface area contributed by atoms with Crippen LogP contribution in [0.1, 0.15) is 43.2 Å². The fourth-order valence-electron chi connectivity index (χ4n) is 4.34. The lowest BCUT2D eigenvalue weighted by Crippen LogP contribution is -2.31. The predicted molar refractivity (Wildman–Crippen MR) is 139 cm³/mol. The minimum absolute atomic E-state index is 0.0744. The Morgan fingerprint density at radius 3 is 2.64 bits per heavy atom. The smallest absolute Gasteiger partial charge is 0.340 e. The van der Waals surface area contributed by atoms with Gasteiger partial charge in [-0.25, -0.2) is 4.79 Å². The van der Waals surface area contributed by atoms with E-state index in [9.17, 15) is 9.59 Å². The Balaban J connectivity index is 1.78. The highest BCUT2D eigenvalue weighted by Crippen LogP contribution is 2.47. The highest BCUT2D eigenvalue weighted by molar-refractivity contribution is 9.10. The zero-order valence-electron chi connectivity index (χ0n) is 19.7. The predicted octanol–water partition coefficient (Wildman–Crippen LogP) is 6.20. The Kier molecular flexibility index (Phi) is 8.17. The first kappa shape index (κ1) is 26.4. The lowest BCUT2D eigenvalue weighted by molar-refractivity contribution is -0.136. The van der Waals surface area contributed by atoms with Gasteiger partial charge in [-0.3, -0.25) is 4.79 Å². The second-order valence-electron chi connectivity index (χ2n) is 8.22. The summed E-state index contributed by atoms with van der Waals surface area (Å²) < 4.78 is 23.2. The molecular weight excluding hydrogens is 573 g/mol. The highest BCUT2D eigenvalue weighted by Gasteiger charge is 2.41. The molecule has 0 saturated heterocycles. The number of halogens is 3. The number of benzene rings is 2. The molecule has 0 amide bonds. The summed E-state index contributed by atoms with van der Waals surface area (Å²) in [6, 6.07) is 8.78. The maximum absolute atomic E-state index is 13.0. The van der Waals surface area contributed by atoms with E-state index in [0.29, 0.717) is 68.8 Å². The van der Waals surface area contributed by atoms with Crippen LogP contribution in [-0.4, -0.2) is 25.5 Å². The van der Waals surface area contributed by atoms with Crippen molar-refractivity contribution in [1.29, 1.82) is 0 Å². The quantitative estimate of drug-likeness (QED) is 0.380. The molecule has 1 aliphatic carbocycles. The number of carbonyl (C=O) groups excluding carboxylic acids is 2. The molecule has 1 atom stereocenters. The summed E-state index contributed by atoms with van der Waals surface area (Å²) in [6.45, 7) is 2.42. The van der Waals surface area contributed by atoms with Gasteiger partial charge in [0.2, 0.25) is 5.88 Å². The number of hydrogen-bond donors (Lipinski definition) is 1. The summed E-state index contributed by atoms with van der Waals surface area (Å²) in [5.74, 6) is -0.236. The third-order valence-electron chi connectivity index (χ3n) is 5.92. The van der Waals surface area contributed by atoms with E-state index < -0.39 is 11.9 Å². The summed E-state index contributed by atoms with van der Waals surface area (Å²) in [5.41, 5.74) is 8.08. The normalized spacial score (nSPS) is 17.5. The molecule has 0 bridgehead atoms. The summed E-state index contributed by atoms with van der Waals surface area (Å²) in [6.07, 6.45) is 1.56. The van der Waals surface area contributed by atoms with Gasteiger partial charge in [0.25, 0.3) is 0 Å². The number of rotatable bonds is 7. The van der Waals surface area contributed by atoms with Crippen molar-refractivity contribution < 1.29 is 28.5 Å². The second-order valence-corrected chi connectivity index (χ2v) is 9.89. The first-order valence-corrected chi connectivity index (χ1v) is 12.8. The summed E-state index contributed by atoms with van der Waals surface area (Å²) in [4.78, 5) is 25.8. The topological polar surface area (TPSA) is 97.1 Å². The Morgan fingerprint density at radius 1 is 1.17 bits per heavy atom. The average Bonchev–Trinajstić information content (AvgIpc) is 2.84. The van der Waals surface area contributed by atoms with Crippen molar-refractivity contribution in [3.8, 4) is 11.5 Å². The molecule has 36 heavy (non-hydrogen) atoms. The standard InChI is InChI=1S/C26H24BrCl2NO6/c1-3-34-20-11-14(10-15(27)24(20)35-12-13-7-8-16(28)17(29)9-13)21-22-18(31)5-4-6-19(22)36-25(30)23(21)26(32)33-2/h7-11,21H,3-6,12,30H2,1-2H3/t21-/m1/s1. The number of ketones is 1. The van der Waals surface area contributed by atoms with Crippen LogP contribution >= 0.6 is 39.1 Å². The van der Waals surface area contributed by atoms with E-state index >= 15 is 0 Å². The van der Waals surface area contributed by atoms with Crippen LogP contribution in [-0.2, 0) is 25.7 Å². The molecule has 1 heterocycles. The molecule has 0 radical (unpaired) electrons. The first-order chi connectivity index (χ1) is 17.2. The van der Waals surface area contributed by atoms with Crippen LogP contribution in [0, 0.1) is 0 Å². The van der Waals surface area contributed by atoms with Crippen LogP contribution in [0.2, 0.25) is 10.0 Å². The van der Waals surface area contributed by atoms with Gasteiger partial charge in [-0.2, -0.15) is 0 Å². The third kappa shape index (κ3) is 5.21. The molecule has 0 unspecified atom stereocenters. The van der Waals surface area contributed by atoms with E-state index in [4.69, 9.17) is 47.9 Å². The van der Waals surface area contributed by atoms with Crippen LogP contribution in [0.25, 0.3) is 0 Å². The number of allylic oxidation sites excluding steroid dienone is 2. The van der Waals surface area contributed by atoms with Gasteiger partial charge >= 0.3 is 5.97 Å². The van der Waals surface area contributed by atoms with Crippen molar-refractivity contribution in [2.75, 3.05) is 13.7 Å². The van der Waals surface area contributed by atoms with Crippen molar-refractivity contribution in [2.24, 2.45) is 5.73 Å². The first-order valence-electron chi connectivity index (χ1n) is 11.3. The van der Waals surface area contributed by atoms with Gasteiger partial charge in [-0.1, -0.05) is 29.3 Å². The maximum Gasteiger partial charge on any atom is 0.340 e. The molecule has 0 saturated carbocycles. The summed E-state index contributed by atoms with van der Waals surface area (Å²) in [5, 5.41) is 0.884. The number of esters is 1. The SMILES string of the molecule is CCOc1cc([C@H]2C(C(=O)OC)=C(N)OC3=C2C(=O)CCC3)cc(Br)c1OCc1ccc(Cl)c(Cl)c1. The van der Waals surface area contributed by atoms with Crippen molar-refractivity contribution in [1.82, 2.24) is 0 Å². The maximum atomic E-state index is 13.0. The molecule has 2 aromatic rings. The van der Waals surface area contributed by atoms with Gasteiger partial charge in [-0.15, -0.1) is 0 Å². The van der Waals surface area contributed by atoms with Crippen molar-refractivity contribution in [2.45, 2.75) is 38.7 Å². The molecule has 0 spiro atoms. The zero-order chi connectivity index (χ0) is 26.0. The van der Waals surface area contributed by atoms with Crippen molar-refractivity contribution >= 4 is 50.9 Å². The lowest BCUT2D eigenvalue weighted by Gasteiger charge is -2.32. The molecule has 1 aliphatic heterocycles. The van der Waals surface area contributed by atoms with Gasteiger partial charge in [-0.05, 0) is 64.7 Å². The van der Waals surface area contributed by atoms with Gasteiger partial charge in [0.1, 0.15) is 17.9 Å². The molecule has 2 N–H and O–H groups in total. The Hall–Kier alpha value is -2.68. The fourth-order valence-corrected chi connectivity index (χ4v) is 5.24. The minimum atomic E-state index is -0.770. The zero-order valence-corrected chi connectivity index (χ0v) is 22.8. The molecule has 2 aromatic carbocycles. The average molecular weight is 597 g/mol. The number of methoxy groups -OCH3 is 1. The van der Waals surface area contributed by atoms with Crippen LogP contribution in [0.5, 0.6) is 11.5 Å². The Morgan fingerprint density at radius 2 is 1.94 bits per heavy atom. The van der Waals surface area contributed by atoms with Crippen LogP contribution in [0.3, 0.4) is 0 Å². The Labute approximate surface area is 227 Å². The van der Waals surface area contributed by atoms with E-state index in [1.54, 1.807) is 24.3 Å². The largest absolute Gasteiger partial charge is 0.490 e. The van der Waals surface area contributed by atoms with Crippen LogP contribution in [0.15, 0.2) is 57.6 Å².